The van der Waals surface area contributed by atoms with Crippen molar-refractivity contribution in [1.82, 2.24) is 9.97 Å². The number of rotatable bonds is 3. The first-order valence-electron chi connectivity index (χ1n) is 7.00. The molecule has 1 aromatic heterocycles. The van der Waals surface area contributed by atoms with Crippen molar-refractivity contribution in [3.63, 3.8) is 0 Å². The Morgan fingerprint density at radius 1 is 1.05 bits per heavy atom. The molecule has 0 fully saturated rings. The number of benzene rings is 2. The first-order chi connectivity index (χ1) is 10.2. The minimum Gasteiger partial charge on any atom is -0.384 e. The van der Waals surface area contributed by atoms with Crippen LogP contribution in [-0.4, -0.2) is 9.97 Å². The Morgan fingerprint density at radius 2 is 1.81 bits per heavy atom. The Labute approximate surface area is 122 Å². The second-order valence-electron chi connectivity index (χ2n) is 5.00. The maximum absolute atomic E-state index is 13.9. The maximum atomic E-state index is 13.9. The van der Waals surface area contributed by atoms with Crippen molar-refractivity contribution < 1.29 is 4.39 Å². The standard InChI is InChI=1S/C17H16FN3/c1-2-5-11-10-16(19)21-17(20-11)14-8-9-15(18)13-7-4-3-6-12(13)14/h3-4,6-10H,2,5H2,1H3,(H2,19,20,21). The highest BCUT2D eigenvalue weighted by atomic mass is 19.1. The monoisotopic (exact) mass is 281 g/mol. The largest absolute Gasteiger partial charge is 0.384 e. The van der Waals surface area contributed by atoms with Gasteiger partial charge in [0.15, 0.2) is 5.82 Å². The number of nitrogens with zero attached hydrogens (tertiary/aromatic N) is 2. The smallest absolute Gasteiger partial charge is 0.162 e. The van der Waals surface area contributed by atoms with Crippen LogP contribution in [0.2, 0.25) is 0 Å². The summed E-state index contributed by atoms with van der Waals surface area (Å²) in [4.78, 5) is 8.87. The topological polar surface area (TPSA) is 51.8 Å². The molecular formula is C17H16FN3. The lowest BCUT2D eigenvalue weighted by Gasteiger charge is -2.09. The molecule has 2 aromatic carbocycles. The Hall–Kier alpha value is -2.49. The molecule has 0 bridgehead atoms. The van der Waals surface area contributed by atoms with E-state index in [4.69, 9.17) is 5.73 Å². The highest BCUT2D eigenvalue weighted by Gasteiger charge is 2.11. The van der Waals surface area contributed by atoms with Crippen LogP contribution in [0.25, 0.3) is 22.2 Å². The fourth-order valence-electron chi connectivity index (χ4n) is 2.48. The molecule has 0 radical (unpaired) electrons. The highest BCUT2D eigenvalue weighted by molar-refractivity contribution is 5.95. The van der Waals surface area contributed by atoms with Crippen molar-refractivity contribution in [2.75, 3.05) is 5.73 Å². The molecule has 3 aromatic rings. The van der Waals surface area contributed by atoms with Gasteiger partial charge in [-0.3, -0.25) is 0 Å². The number of hydrogen-bond acceptors (Lipinski definition) is 3. The van der Waals surface area contributed by atoms with Gasteiger partial charge in [0.05, 0.1) is 0 Å². The van der Waals surface area contributed by atoms with E-state index in [1.54, 1.807) is 18.2 Å². The predicted octanol–water partition coefficient (Wildman–Crippen LogP) is 3.97. The molecule has 1 heterocycles. The van der Waals surface area contributed by atoms with Crippen LogP contribution in [0.4, 0.5) is 10.2 Å². The minimum atomic E-state index is -0.243. The lowest BCUT2D eigenvalue weighted by atomic mass is 10.0. The summed E-state index contributed by atoms with van der Waals surface area (Å²) < 4.78 is 13.9. The van der Waals surface area contributed by atoms with Crippen LogP contribution in [-0.2, 0) is 6.42 Å². The molecule has 106 valence electrons. The fourth-order valence-corrected chi connectivity index (χ4v) is 2.48. The van der Waals surface area contributed by atoms with Gasteiger partial charge in [0.1, 0.15) is 11.6 Å². The molecule has 3 rings (SSSR count). The van der Waals surface area contributed by atoms with Gasteiger partial charge in [-0.15, -0.1) is 0 Å². The van der Waals surface area contributed by atoms with Crippen molar-refractivity contribution in [1.29, 1.82) is 0 Å². The minimum absolute atomic E-state index is 0.243. The van der Waals surface area contributed by atoms with E-state index >= 15 is 0 Å². The second kappa shape index (κ2) is 5.48. The van der Waals surface area contributed by atoms with E-state index in [0.717, 1.165) is 29.5 Å². The van der Waals surface area contributed by atoms with Crippen LogP contribution in [0.1, 0.15) is 19.0 Å². The van der Waals surface area contributed by atoms with Crippen molar-refractivity contribution in [2.24, 2.45) is 0 Å². The summed E-state index contributed by atoms with van der Waals surface area (Å²) in [6, 6.07) is 12.3. The third kappa shape index (κ3) is 2.57. The molecule has 2 N–H and O–H groups in total. The van der Waals surface area contributed by atoms with Crippen LogP contribution < -0.4 is 5.73 Å². The van der Waals surface area contributed by atoms with E-state index in [1.165, 1.54) is 6.07 Å². The van der Waals surface area contributed by atoms with E-state index in [2.05, 4.69) is 16.9 Å². The third-order valence-corrected chi connectivity index (χ3v) is 3.42. The van der Waals surface area contributed by atoms with Crippen molar-refractivity contribution >= 4 is 16.6 Å². The van der Waals surface area contributed by atoms with Crippen molar-refractivity contribution in [3.05, 3.63) is 54.0 Å². The second-order valence-corrected chi connectivity index (χ2v) is 5.00. The van der Waals surface area contributed by atoms with Gasteiger partial charge in [0.2, 0.25) is 0 Å². The Kier molecular flexibility index (Phi) is 3.52. The van der Waals surface area contributed by atoms with Crippen LogP contribution in [0, 0.1) is 5.82 Å². The van der Waals surface area contributed by atoms with Crippen LogP contribution in [0.5, 0.6) is 0 Å². The quantitative estimate of drug-likeness (QED) is 0.790. The Balaban J connectivity index is 2.23. The number of halogens is 1. The molecule has 0 saturated heterocycles. The van der Waals surface area contributed by atoms with Crippen molar-refractivity contribution in [3.8, 4) is 11.4 Å². The van der Waals surface area contributed by atoms with Gasteiger partial charge < -0.3 is 5.73 Å². The average Bonchev–Trinajstić information content (AvgIpc) is 2.47. The molecule has 21 heavy (non-hydrogen) atoms. The summed E-state index contributed by atoms with van der Waals surface area (Å²) >= 11 is 0. The normalized spacial score (nSPS) is 11.0. The number of anilines is 1. The predicted molar refractivity (Wildman–Crippen MR) is 83.3 cm³/mol. The molecule has 3 nitrogen and oxygen atoms in total. The molecule has 0 spiro atoms. The number of aryl methyl sites for hydroxylation is 1. The van der Waals surface area contributed by atoms with E-state index in [1.807, 2.05) is 18.2 Å². The Morgan fingerprint density at radius 3 is 2.57 bits per heavy atom. The number of fused-ring (bicyclic) bond motifs is 1. The first-order valence-corrected chi connectivity index (χ1v) is 7.00. The van der Waals surface area contributed by atoms with Gasteiger partial charge >= 0.3 is 0 Å². The summed E-state index contributed by atoms with van der Waals surface area (Å²) in [5.41, 5.74) is 7.59. The van der Waals surface area contributed by atoms with E-state index in [9.17, 15) is 4.39 Å². The lowest BCUT2D eigenvalue weighted by molar-refractivity contribution is 0.640. The van der Waals surface area contributed by atoms with E-state index < -0.39 is 0 Å². The van der Waals surface area contributed by atoms with Gasteiger partial charge in [0.25, 0.3) is 0 Å². The number of nitrogens with two attached hydrogens (primary N) is 1. The number of hydrogen-bond donors (Lipinski definition) is 1. The van der Waals surface area contributed by atoms with Gasteiger partial charge in [-0.25, -0.2) is 14.4 Å². The Bertz CT molecular complexity index is 799. The molecular weight excluding hydrogens is 265 g/mol. The number of aromatic nitrogens is 2. The molecule has 0 aliphatic rings. The summed E-state index contributed by atoms with van der Waals surface area (Å²) in [6.45, 7) is 2.09. The van der Waals surface area contributed by atoms with Gasteiger partial charge in [0, 0.05) is 22.7 Å². The maximum Gasteiger partial charge on any atom is 0.162 e. The summed E-state index contributed by atoms with van der Waals surface area (Å²) in [5.74, 6) is 0.749. The van der Waals surface area contributed by atoms with E-state index in [0.29, 0.717) is 17.0 Å². The van der Waals surface area contributed by atoms with Crippen LogP contribution in [0.3, 0.4) is 0 Å². The number of nitrogen functional groups attached to an aromatic ring is 1. The first kappa shape index (κ1) is 13.5. The molecule has 0 amide bonds. The zero-order valence-corrected chi connectivity index (χ0v) is 11.8. The van der Waals surface area contributed by atoms with Crippen LogP contribution >= 0.6 is 0 Å². The SMILES string of the molecule is CCCc1cc(N)nc(-c2ccc(F)c3ccccc23)n1. The van der Waals surface area contributed by atoms with Crippen molar-refractivity contribution in [2.45, 2.75) is 19.8 Å². The molecule has 0 unspecified atom stereocenters. The third-order valence-electron chi connectivity index (χ3n) is 3.42. The molecule has 0 aliphatic carbocycles. The summed E-state index contributed by atoms with van der Waals surface area (Å²) in [6.07, 6.45) is 1.83. The molecule has 0 atom stereocenters. The fraction of sp³-hybridized carbons (Fsp3) is 0.176. The summed E-state index contributed by atoms with van der Waals surface area (Å²) in [5, 5.41) is 1.36. The van der Waals surface area contributed by atoms with E-state index in [-0.39, 0.29) is 5.82 Å². The highest BCUT2D eigenvalue weighted by Crippen LogP contribution is 2.28. The molecule has 0 saturated carbocycles. The zero-order chi connectivity index (χ0) is 14.8. The van der Waals surface area contributed by atoms with Gasteiger partial charge in [-0.05, 0) is 23.9 Å². The van der Waals surface area contributed by atoms with Gasteiger partial charge in [-0.2, -0.15) is 0 Å². The summed E-state index contributed by atoms with van der Waals surface area (Å²) in [7, 11) is 0. The molecule has 0 aliphatic heterocycles. The van der Waals surface area contributed by atoms with Crippen LogP contribution in [0.15, 0.2) is 42.5 Å². The zero-order valence-electron chi connectivity index (χ0n) is 11.8. The lowest BCUT2D eigenvalue weighted by Crippen LogP contribution is -2.01. The average molecular weight is 281 g/mol. The van der Waals surface area contributed by atoms with Gasteiger partial charge in [-0.1, -0.05) is 37.6 Å². The molecule has 4 heteroatoms.